The first-order chi connectivity index (χ1) is 4.84. The molecule has 0 amide bonds. The van der Waals surface area contributed by atoms with Crippen molar-refractivity contribution < 1.29 is 9.22 Å². The van der Waals surface area contributed by atoms with E-state index in [2.05, 4.69) is 9.41 Å². The van der Waals surface area contributed by atoms with Crippen LogP contribution in [0.25, 0.3) is 0 Å². The van der Waals surface area contributed by atoms with Gasteiger partial charge in [0.05, 0.1) is 0 Å². The van der Waals surface area contributed by atoms with Gasteiger partial charge in [0.2, 0.25) is 10.5 Å². The number of pyridine rings is 1. The normalized spacial score (nSPS) is 9.20. The van der Waals surface area contributed by atoms with Gasteiger partial charge in [-0.1, -0.05) is 6.07 Å². The highest BCUT2D eigenvalue weighted by Crippen LogP contribution is 1.93. The fourth-order valence-corrected chi connectivity index (χ4v) is 0.797. The second kappa shape index (κ2) is 3.12. The van der Waals surface area contributed by atoms with Crippen molar-refractivity contribution in [3.05, 3.63) is 30.1 Å². The van der Waals surface area contributed by atoms with Crippen molar-refractivity contribution in [3.63, 3.8) is 0 Å². The number of hydrogen-bond donors (Lipinski definition) is 0. The van der Waals surface area contributed by atoms with E-state index in [9.17, 15) is 4.79 Å². The molecule has 0 spiro atoms. The molecule has 3 nitrogen and oxygen atoms in total. The maximum Gasteiger partial charge on any atom is 0.342 e. The summed E-state index contributed by atoms with van der Waals surface area (Å²) in [4.78, 5) is 14.6. The second-order valence-corrected chi connectivity index (χ2v) is 2.11. The van der Waals surface area contributed by atoms with Crippen LogP contribution in [-0.2, 0) is 4.43 Å². The number of nitrogens with zero attached hydrogens (tertiary/aromatic N) is 1. The standard InChI is InChI=1S/C6H7NO2Si/c8-6(9-10)5-3-1-2-4-7-5/h1-4H,10H3. The third-order valence-electron chi connectivity index (χ3n) is 1.06. The van der Waals surface area contributed by atoms with E-state index in [4.69, 9.17) is 0 Å². The Morgan fingerprint density at radius 3 is 2.90 bits per heavy atom. The van der Waals surface area contributed by atoms with Gasteiger partial charge in [-0.2, -0.15) is 0 Å². The molecule has 0 radical (unpaired) electrons. The quantitative estimate of drug-likeness (QED) is 0.511. The van der Waals surface area contributed by atoms with Gasteiger partial charge in [-0.05, 0) is 12.1 Å². The average Bonchev–Trinajstić information content (AvgIpc) is 2.05. The minimum atomic E-state index is -0.340. The van der Waals surface area contributed by atoms with Crippen LogP contribution in [0.15, 0.2) is 24.4 Å². The van der Waals surface area contributed by atoms with Gasteiger partial charge < -0.3 is 4.43 Å². The number of rotatable bonds is 1. The van der Waals surface area contributed by atoms with E-state index in [0.717, 1.165) is 0 Å². The van der Waals surface area contributed by atoms with E-state index in [1.165, 1.54) is 0 Å². The molecule has 0 bridgehead atoms. The molecule has 0 saturated heterocycles. The molecule has 4 heteroatoms. The molecule has 0 aromatic carbocycles. The van der Waals surface area contributed by atoms with Crippen LogP contribution in [0.4, 0.5) is 0 Å². The number of carbonyl (C=O) groups excluding carboxylic acids is 1. The van der Waals surface area contributed by atoms with Gasteiger partial charge in [0.15, 0.2) is 0 Å². The SMILES string of the molecule is O=C(O[SiH3])c1ccccn1. The van der Waals surface area contributed by atoms with Crippen LogP contribution in [0.5, 0.6) is 0 Å². The van der Waals surface area contributed by atoms with E-state index in [-0.39, 0.29) is 5.97 Å². The molecule has 0 aliphatic carbocycles. The number of aromatic nitrogens is 1. The summed E-state index contributed by atoms with van der Waals surface area (Å²) in [6, 6.07) is 5.13. The molecule has 0 saturated carbocycles. The molecule has 0 aliphatic rings. The summed E-state index contributed by atoms with van der Waals surface area (Å²) < 4.78 is 4.57. The van der Waals surface area contributed by atoms with Gasteiger partial charge in [-0.25, -0.2) is 9.78 Å². The minimum absolute atomic E-state index is 0.340. The Hall–Kier alpha value is -1.16. The van der Waals surface area contributed by atoms with E-state index >= 15 is 0 Å². The molecule has 1 heterocycles. The van der Waals surface area contributed by atoms with Gasteiger partial charge in [-0.3, -0.25) is 0 Å². The predicted octanol–water partition coefficient (Wildman–Crippen LogP) is -0.481. The topological polar surface area (TPSA) is 39.2 Å². The number of hydrogen-bond acceptors (Lipinski definition) is 3. The van der Waals surface area contributed by atoms with Crippen LogP contribution in [-0.4, -0.2) is 21.4 Å². The highest BCUT2D eigenvalue weighted by Gasteiger charge is 2.02. The van der Waals surface area contributed by atoms with Crippen molar-refractivity contribution in [2.45, 2.75) is 0 Å². The van der Waals surface area contributed by atoms with Crippen LogP contribution in [0, 0.1) is 0 Å². The third kappa shape index (κ3) is 1.41. The van der Waals surface area contributed by atoms with Crippen molar-refractivity contribution in [1.29, 1.82) is 0 Å². The molecule has 0 unspecified atom stereocenters. The summed E-state index contributed by atoms with van der Waals surface area (Å²) in [5.41, 5.74) is 0.373. The van der Waals surface area contributed by atoms with Gasteiger partial charge in [0.1, 0.15) is 5.69 Å². The van der Waals surface area contributed by atoms with Crippen molar-refractivity contribution in [2.75, 3.05) is 0 Å². The van der Waals surface area contributed by atoms with E-state index in [0.29, 0.717) is 16.2 Å². The van der Waals surface area contributed by atoms with Gasteiger partial charge in [0, 0.05) is 6.20 Å². The third-order valence-corrected chi connectivity index (χ3v) is 1.43. The van der Waals surface area contributed by atoms with Crippen LogP contribution in [0.2, 0.25) is 0 Å². The molecular formula is C6H7NO2Si. The molecule has 0 atom stereocenters. The van der Waals surface area contributed by atoms with Gasteiger partial charge in [0.25, 0.3) is 0 Å². The molecule has 0 N–H and O–H groups in total. The first-order valence-corrected chi connectivity index (χ1v) is 3.65. The maximum atomic E-state index is 10.8. The molecule has 0 fully saturated rings. The Labute approximate surface area is 61.6 Å². The second-order valence-electron chi connectivity index (χ2n) is 1.71. The Balaban J connectivity index is 2.85. The fraction of sp³-hybridized carbons (Fsp3) is 0. The van der Waals surface area contributed by atoms with Crippen molar-refractivity contribution >= 4 is 16.5 Å². The Kier molecular flexibility index (Phi) is 2.17. The van der Waals surface area contributed by atoms with Crippen LogP contribution < -0.4 is 0 Å². The van der Waals surface area contributed by atoms with E-state index < -0.39 is 0 Å². The van der Waals surface area contributed by atoms with Gasteiger partial charge >= 0.3 is 5.97 Å². The first-order valence-electron chi connectivity index (χ1n) is 2.84. The Morgan fingerprint density at radius 2 is 2.40 bits per heavy atom. The summed E-state index contributed by atoms with van der Waals surface area (Å²) in [5.74, 6) is -0.340. The van der Waals surface area contributed by atoms with E-state index in [1.807, 2.05) is 0 Å². The zero-order valence-corrected chi connectivity index (χ0v) is 7.57. The monoisotopic (exact) mass is 153 g/mol. The fourth-order valence-electron chi connectivity index (χ4n) is 0.588. The highest BCUT2D eigenvalue weighted by molar-refractivity contribution is 6.08. The van der Waals surface area contributed by atoms with E-state index in [1.54, 1.807) is 24.4 Å². The summed E-state index contributed by atoms with van der Waals surface area (Å²) >= 11 is 0. The molecule has 1 rings (SSSR count). The van der Waals surface area contributed by atoms with Gasteiger partial charge in [-0.15, -0.1) is 0 Å². The molecule has 0 aliphatic heterocycles. The summed E-state index contributed by atoms with van der Waals surface area (Å²) in [6.07, 6.45) is 1.56. The minimum Gasteiger partial charge on any atom is -0.524 e. The Morgan fingerprint density at radius 1 is 1.60 bits per heavy atom. The molecule has 10 heavy (non-hydrogen) atoms. The lowest BCUT2D eigenvalue weighted by atomic mass is 10.4. The maximum absolute atomic E-state index is 10.8. The van der Waals surface area contributed by atoms with Crippen LogP contribution in [0.1, 0.15) is 10.5 Å². The lowest BCUT2D eigenvalue weighted by molar-refractivity contribution is 0.0743. The zero-order valence-electron chi connectivity index (χ0n) is 5.57. The van der Waals surface area contributed by atoms with Crippen molar-refractivity contribution in [1.82, 2.24) is 4.98 Å². The van der Waals surface area contributed by atoms with Crippen molar-refractivity contribution in [2.24, 2.45) is 0 Å². The summed E-state index contributed by atoms with van der Waals surface area (Å²) in [7, 11) is 0.418. The first kappa shape index (κ1) is 6.95. The zero-order chi connectivity index (χ0) is 7.40. The highest BCUT2D eigenvalue weighted by atomic mass is 28.2. The average molecular weight is 153 g/mol. The molecular weight excluding hydrogens is 146 g/mol. The number of carbonyl (C=O) groups is 1. The summed E-state index contributed by atoms with van der Waals surface area (Å²) in [5, 5.41) is 0. The van der Waals surface area contributed by atoms with Crippen LogP contribution in [0.3, 0.4) is 0 Å². The van der Waals surface area contributed by atoms with Crippen LogP contribution >= 0.6 is 0 Å². The molecule has 52 valence electrons. The lowest BCUT2D eigenvalue weighted by Crippen LogP contribution is -2.03. The molecule has 1 aromatic rings. The lowest BCUT2D eigenvalue weighted by Gasteiger charge is -1.95. The smallest absolute Gasteiger partial charge is 0.342 e. The predicted molar refractivity (Wildman–Crippen MR) is 39.6 cm³/mol. The Bertz CT molecular complexity index is 224. The largest absolute Gasteiger partial charge is 0.524 e. The summed E-state index contributed by atoms with van der Waals surface area (Å²) in [6.45, 7) is 0. The molecule has 1 aromatic heterocycles. The van der Waals surface area contributed by atoms with Crippen molar-refractivity contribution in [3.8, 4) is 0 Å².